The molecule has 4 nitrogen and oxygen atoms in total. The van der Waals surface area contributed by atoms with Crippen LogP contribution in [0.5, 0.6) is 0 Å². The molecule has 0 bridgehead atoms. The number of amides is 1. The Morgan fingerprint density at radius 2 is 2.05 bits per heavy atom. The maximum absolute atomic E-state index is 12.2. The van der Waals surface area contributed by atoms with Crippen molar-refractivity contribution in [3.05, 3.63) is 58.0 Å². The highest BCUT2D eigenvalue weighted by Gasteiger charge is 2.16. The number of hydrogen-bond donors (Lipinski definition) is 1. The van der Waals surface area contributed by atoms with Gasteiger partial charge in [0.05, 0.1) is 5.71 Å². The summed E-state index contributed by atoms with van der Waals surface area (Å²) in [4.78, 5) is 13.2. The molecular weight excluding hydrogens is 284 g/mol. The van der Waals surface area contributed by atoms with Crippen molar-refractivity contribution in [2.75, 3.05) is 0 Å². The predicted molar refractivity (Wildman–Crippen MR) is 84.9 cm³/mol. The molecule has 1 N–H and O–H groups in total. The number of para-hydroxylation sites is 1. The summed E-state index contributed by atoms with van der Waals surface area (Å²) in [5, 5.41) is 7.04. The van der Waals surface area contributed by atoms with E-state index in [2.05, 4.69) is 10.5 Å². The second kappa shape index (κ2) is 5.54. The number of carbonyl (C=O) groups excluding carboxylic acids is 1. The van der Waals surface area contributed by atoms with Crippen LogP contribution in [0.25, 0.3) is 11.0 Å². The highest BCUT2D eigenvalue weighted by Crippen LogP contribution is 2.24. The van der Waals surface area contributed by atoms with Crippen LogP contribution >= 0.6 is 11.3 Å². The minimum absolute atomic E-state index is 0.305. The summed E-state index contributed by atoms with van der Waals surface area (Å²) in [6, 6.07) is 11.5. The van der Waals surface area contributed by atoms with Gasteiger partial charge >= 0.3 is 5.91 Å². The summed E-state index contributed by atoms with van der Waals surface area (Å²) in [6.07, 6.45) is 0. The van der Waals surface area contributed by atoms with E-state index in [1.807, 2.05) is 55.6 Å². The fraction of sp³-hybridized carbons (Fsp3) is 0.125. The monoisotopic (exact) mass is 298 g/mol. The van der Waals surface area contributed by atoms with E-state index in [1.165, 1.54) is 0 Å². The van der Waals surface area contributed by atoms with Crippen LogP contribution in [0, 0.1) is 6.92 Å². The molecule has 3 aromatic rings. The summed E-state index contributed by atoms with van der Waals surface area (Å²) in [7, 11) is 0. The Labute approximate surface area is 126 Å². The van der Waals surface area contributed by atoms with Gasteiger partial charge in [0, 0.05) is 15.8 Å². The quantitative estimate of drug-likeness (QED) is 0.588. The average Bonchev–Trinajstić information content (AvgIpc) is 3.13. The highest BCUT2D eigenvalue weighted by atomic mass is 32.1. The number of thiophene rings is 1. The number of fused-ring (bicyclic) bond motifs is 1. The van der Waals surface area contributed by atoms with Gasteiger partial charge in [0.15, 0.2) is 5.76 Å². The molecule has 1 aromatic carbocycles. The zero-order valence-corrected chi connectivity index (χ0v) is 12.5. The molecule has 0 aliphatic heterocycles. The number of aryl methyl sites for hydroxylation is 1. The van der Waals surface area contributed by atoms with Gasteiger partial charge < -0.3 is 4.42 Å². The fourth-order valence-electron chi connectivity index (χ4n) is 2.12. The van der Waals surface area contributed by atoms with Crippen LogP contribution in [0.15, 0.2) is 51.3 Å². The van der Waals surface area contributed by atoms with Gasteiger partial charge in [-0.05, 0) is 31.4 Å². The normalized spacial score (nSPS) is 11.8. The molecular formula is C16H14N2O2S. The number of carbonyl (C=O) groups is 1. The molecule has 2 aromatic heterocycles. The minimum Gasteiger partial charge on any atom is -0.451 e. The molecule has 0 fully saturated rings. The van der Waals surface area contributed by atoms with Crippen LogP contribution in [0.2, 0.25) is 0 Å². The van der Waals surface area contributed by atoms with Crippen LogP contribution in [0.1, 0.15) is 27.9 Å². The molecule has 5 heteroatoms. The summed E-state index contributed by atoms with van der Waals surface area (Å²) in [5.74, 6) is -0.0291. The number of hydrazone groups is 1. The van der Waals surface area contributed by atoms with E-state index >= 15 is 0 Å². The van der Waals surface area contributed by atoms with Gasteiger partial charge in [-0.25, -0.2) is 5.43 Å². The van der Waals surface area contributed by atoms with E-state index < -0.39 is 0 Å². The zero-order chi connectivity index (χ0) is 14.8. The summed E-state index contributed by atoms with van der Waals surface area (Å²) >= 11 is 1.58. The molecule has 0 aliphatic carbocycles. The number of hydrogen-bond acceptors (Lipinski definition) is 4. The Morgan fingerprint density at radius 1 is 1.24 bits per heavy atom. The van der Waals surface area contributed by atoms with Gasteiger partial charge in [-0.15, -0.1) is 11.3 Å². The lowest BCUT2D eigenvalue weighted by atomic mass is 10.1. The van der Waals surface area contributed by atoms with Gasteiger partial charge in [0.25, 0.3) is 0 Å². The lowest BCUT2D eigenvalue weighted by Gasteiger charge is -1.99. The first-order valence-electron chi connectivity index (χ1n) is 6.53. The van der Waals surface area contributed by atoms with Crippen molar-refractivity contribution in [1.82, 2.24) is 5.43 Å². The highest BCUT2D eigenvalue weighted by molar-refractivity contribution is 7.12. The van der Waals surface area contributed by atoms with Crippen molar-refractivity contribution >= 4 is 33.9 Å². The average molecular weight is 298 g/mol. The van der Waals surface area contributed by atoms with Crippen LogP contribution in [-0.4, -0.2) is 11.6 Å². The van der Waals surface area contributed by atoms with Gasteiger partial charge in [0.1, 0.15) is 5.58 Å². The third kappa shape index (κ3) is 2.60. The molecule has 21 heavy (non-hydrogen) atoms. The third-order valence-corrected chi connectivity index (χ3v) is 4.23. The van der Waals surface area contributed by atoms with Crippen LogP contribution in [0.3, 0.4) is 0 Å². The summed E-state index contributed by atoms with van der Waals surface area (Å²) in [6.45, 7) is 3.73. The third-order valence-electron chi connectivity index (χ3n) is 3.25. The van der Waals surface area contributed by atoms with E-state index in [0.29, 0.717) is 11.3 Å². The molecule has 1 amide bonds. The van der Waals surface area contributed by atoms with Crippen molar-refractivity contribution < 1.29 is 9.21 Å². The largest absolute Gasteiger partial charge is 0.451 e. The number of nitrogens with zero attached hydrogens (tertiary/aromatic N) is 1. The molecule has 0 spiro atoms. The maximum atomic E-state index is 12.2. The van der Waals surface area contributed by atoms with E-state index in [9.17, 15) is 4.79 Å². The van der Waals surface area contributed by atoms with E-state index in [4.69, 9.17) is 4.42 Å². The van der Waals surface area contributed by atoms with Crippen LogP contribution < -0.4 is 5.43 Å². The molecule has 0 radical (unpaired) electrons. The number of nitrogens with one attached hydrogen (secondary N) is 1. The molecule has 2 heterocycles. The van der Waals surface area contributed by atoms with Crippen molar-refractivity contribution in [1.29, 1.82) is 0 Å². The molecule has 3 rings (SSSR count). The molecule has 0 saturated heterocycles. The summed E-state index contributed by atoms with van der Waals surface area (Å²) < 4.78 is 5.60. The van der Waals surface area contributed by atoms with Gasteiger partial charge in [0.2, 0.25) is 0 Å². The SMILES string of the molecule is C/C(=N/NC(=O)c1oc2ccccc2c1C)c1cccs1. The van der Waals surface area contributed by atoms with Crippen LogP contribution in [0.4, 0.5) is 0 Å². The number of benzene rings is 1. The molecule has 0 atom stereocenters. The topological polar surface area (TPSA) is 54.6 Å². The Kier molecular flexibility index (Phi) is 3.58. The Bertz CT molecular complexity index is 816. The maximum Gasteiger partial charge on any atom is 0.307 e. The zero-order valence-electron chi connectivity index (χ0n) is 11.7. The van der Waals surface area contributed by atoms with Crippen molar-refractivity contribution in [3.8, 4) is 0 Å². The van der Waals surface area contributed by atoms with E-state index in [-0.39, 0.29) is 5.91 Å². The van der Waals surface area contributed by atoms with Crippen LogP contribution in [-0.2, 0) is 0 Å². The predicted octanol–water partition coefficient (Wildman–Crippen LogP) is 3.96. The standard InChI is InChI=1S/C16H14N2O2S/c1-10-12-6-3-4-7-13(12)20-15(10)16(19)18-17-11(2)14-8-5-9-21-14/h3-9H,1-2H3,(H,18,19)/b17-11-. The number of furan rings is 1. The molecule has 106 valence electrons. The Hall–Kier alpha value is -2.40. The Morgan fingerprint density at radius 3 is 2.76 bits per heavy atom. The molecule has 0 unspecified atom stereocenters. The lowest BCUT2D eigenvalue weighted by molar-refractivity contribution is 0.0928. The smallest absolute Gasteiger partial charge is 0.307 e. The van der Waals surface area contributed by atoms with Gasteiger partial charge in [-0.3, -0.25) is 4.79 Å². The number of rotatable bonds is 3. The van der Waals surface area contributed by atoms with Crippen molar-refractivity contribution in [2.24, 2.45) is 5.10 Å². The van der Waals surface area contributed by atoms with E-state index in [1.54, 1.807) is 11.3 Å². The van der Waals surface area contributed by atoms with Gasteiger partial charge in [-0.1, -0.05) is 24.3 Å². The second-order valence-electron chi connectivity index (χ2n) is 4.67. The van der Waals surface area contributed by atoms with E-state index in [0.717, 1.165) is 21.5 Å². The lowest BCUT2D eigenvalue weighted by Crippen LogP contribution is -2.19. The second-order valence-corrected chi connectivity index (χ2v) is 5.62. The van der Waals surface area contributed by atoms with Crippen molar-refractivity contribution in [3.63, 3.8) is 0 Å². The molecule has 0 saturated carbocycles. The first kappa shape index (κ1) is 13.6. The van der Waals surface area contributed by atoms with Crippen molar-refractivity contribution in [2.45, 2.75) is 13.8 Å². The first-order chi connectivity index (χ1) is 10.2. The summed E-state index contributed by atoms with van der Waals surface area (Å²) in [5.41, 5.74) is 4.85. The fourth-order valence-corrected chi connectivity index (χ4v) is 2.79. The van der Waals surface area contributed by atoms with Gasteiger partial charge in [-0.2, -0.15) is 5.10 Å². The minimum atomic E-state index is -0.334. The Balaban J connectivity index is 1.84. The first-order valence-corrected chi connectivity index (χ1v) is 7.41. The molecule has 0 aliphatic rings.